The van der Waals surface area contributed by atoms with Gasteiger partial charge in [0.25, 0.3) is 6.33 Å². The summed E-state index contributed by atoms with van der Waals surface area (Å²) in [5.41, 5.74) is 6.23. The van der Waals surface area contributed by atoms with Gasteiger partial charge in [-0.1, -0.05) is 18.2 Å². The Labute approximate surface area is 108 Å². The van der Waals surface area contributed by atoms with Gasteiger partial charge in [0.05, 0.1) is 0 Å². The number of pyridine rings is 1. The van der Waals surface area contributed by atoms with E-state index in [2.05, 4.69) is 32.4 Å². The van der Waals surface area contributed by atoms with Crippen LogP contribution in [0.15, 0.2) is 53.3 Å². The maximum atomic E-state index is 5.99. The standard InChI is InChI=1S/C15H10N3O/c1-2-6-12-11(5-1)18-9-17-8-10-4-3-7-16-13(10)14(17)15(18)19-12/h1-7,9H,8H2/q+1. The van der Waals surface area contributed by atoms with Crippen LogP contribution in [-0.4, -0.2) is 9.38 Å². The lowest BCUT2D eigenvalue weighted by Crippen LogP contribution is -2.29. The molecule has 0 atom stereocenters. The highest BCUT2D eigenvalue weighted by molar-refractivity contribution is 5.82. The summed E-state index contributed by atoms with van der Waals surface area (Å²) >= 11 is 0. The second-order valence-electron chi connectivity index (χ2n) is 4.85. The van der Waals surface area contributed by atoms with Gasteiger partial charge in [-0.2, -0.15) is 4.40 Å². The van der Waals surface area contributed by atoms with Crippen molar-refractivity contribution in [1.82, 2.24) is 9.38 Å². The SMILES string of the molecule is c1cnc2c(c1)C[n+]1cn3c(oc4ccccc43)c1-2. The summed E-state index contributed by atoms with van der Waals surface area (Å²) in [5, 5.41) is 0. The summed E-state index contributed by atoms with van der Waals surface area (Å²) in [4.78, 5) is 4.50. The van der Waals surface area contributed by atoms with Crippen LogP contribution in [0, 0.1) is 0 Å². The molecule has 0 amide bonds. The van der Waals surface area contributed by atoms with Crippen LogP contribution in [0.2, 0.25) is 0 Å². The van der Waals surface area contributed by atoms with Gasteiger partial charge < -0.3 is 4.42 Å². The zero-order valence-corrected chi connectivity index (χ0v) is 10.1. The molecule has 0 N–H and O–H groups in total. The second-order valence-corrected chi connectivity index (χ2v) is 4.85. The largest absolute Gasteiger partial charge is 0.415 e. The topological polar surface area (TPSA) is 34.3 Å². The molecule has 0 aliphatic carbocycles. The molecule has 90 valence electrons. The molecule has 0 saturated heterocycles. The monoisotopic (exact) mass is 248 g/mol. The first-order valence-corrected chi connectivity index (χ1v) is 6.28. The normalized spacial score (nSPS) is 13.1. The van der Waals surface area contributed by atoms with Gasteiger partial charge in [0.2, 0.25) is 5.69 Å². The molecule has 4 nitrogen and oxygen atoms in total. The van der Waals surface area contributed by atoms with Crippen molar-refractivity contribution in [3.05, 3.63) is 54.5 Å². The van der Waals surface area contributed by atoms with Crippen LogP contribution in [-0.2, 0) is 6.54 Å². The minimum absolute atomic E-state index is 0.865. The third-order valence-electron chi connectivity index (χ3n) is 3.75. The molecule has 0 fully saturated rings. The summed E-state index contributed by atoms with van der Waals surface area (Å²) in [5.74, 6) is 0. The van der Waals surface area contributed by atoms with Crippen molar-refractivity contribution >= 4 is 16.8 Å². The molecule has 1 aromatic carbocycles. The lowest BCUT2D eigenvalue weighted by Gasteiger charge is -1.90. The molecule has 0 spiro atoms. The summed E-state index contributed by atoms with van der Waals surface area (Å²) in [6.07, 6.45) is 3.93. The fourth-order valence-corrected chi connectivity index (χ4v) is 2.92. The van der Waals surface area contributed by atoms with Crippen LogP contribution < -0.4 is 4.57 Å². The highest BCUT2D eigenvalue weighted by Crippen LogP contribution is 2.31. The number of rotatable bonds is 0. The summed E-state index contributed by atoms with van der Waals surface area (Å²) in [7, 11) is 0. The zero-order valence-electron chi connectivity index (χ0n) is 10.1. The van der Waals surface area contributed by atoms with Crippen molar-refractivity contribution in [3.8, 4) is 11.4 Å². The van der Waals surface area contributed by atoms with E-state index in [-0.39, 0.29) is 0 Å². The van der Waals surface area contributed by atoms with Crippen LogP contribution in [0.3, 0.4) is 0 Å². The molecule has 0 unspecified atom stereocenters. The molecule has 4 aromatic rings. The van der Waals surface area contributed by atoms with Gasteiger partial charge >= 0.3 is 5.71 Å². The molecule has 5 rings (SSSR count). The van der Waals surface area contributed by atoms with Crippen molar-refractivity contribution in [1.29, 1.82) is 0 Å². The highest BCUT2D eigenvalue weighted by atomic mass is 16.3. The van der Waals surface area contributed by atoms with Crippen molar-refractivity contribution in [3.63, 3.8) is 0 Å². The van der Waals surface area contributed by atoms with E-state index >= 15 is 0 Å². The fourth-order valence-electron chi connectivity index (χ4n) is 2.92. The Kier molecular flexibility index (Phi) is 1.49. The van der Waals surface area contributed by atoms with Gasteiger partial charge in [-0.15, -0.1) is 0 Å². The number of hydrogen-bond acceptors (Lipinski definition) is 2. The molecule has 3 aromatic heterocycles. The van der Waals surface area contributed by atoms with Crippen molar-refractivity contribution in [2.24, 2.45) is 0 Å². The Balaban J connectivity index is 1.97. The molecule has 4 heteroatoms. The molecular weight excluding hydrogens is 238 g/mol. The van der Waals surface area contributed by atoms with Crippen LogP contribution >= 0.6 is 0 Å². The number of fused-ring (bicyclic) bond motifs is 7. The molecule has 0 radical (unpaired) electrons. The minimum atomic E-state index is 0.865. The van der Waals surface area contributed by atoms with E-state index < -0.39 is 0 Å². The quantitative estimate of drug-likeness (QED) is 0.394. The van der Waals surface area contributed by atoms with E-state index in [4.69, 9.17) is 4.42 Å². The first-order valence-electron chi connectivity index (χ1n) is 6.28. The average Bonchev–Trinajstić information content (AvgIpc) is 3.05. The molecule has 0 saturated carbocycles. The minimum Gasteiger partial charge on any atom is -0.415 e. The number of oxazole rings is 1. The van der Waals surface area contributed by atoms with E-state index in [0.29, 0.717) is 0 Å². The molecule has 4 heterocycles. The molecule has 19 heavy (non-hydrogen) atoms. The van der Waals surface area contributed by atoms with Gasteiger partial charge in [0.1, 0.15) is 12.2 Å². The average molecular weight is 248 g/mol. The number of hydrogen-bond donors (Lipinski definition) is 0. The van der Waals surface area contributed by atoms with Crippen molar-refractivity contribution < 1.29 is 8.98 Å². The lowest BCUT2D eigenvalue weighted by molar-refractivity contribution is -0.671. The van der Waals surface area contributed by atoms with E-state index in [1.807, 2.05) is 30.5 Å². The third kappa shape index (κ3) is 1.04. The highest BCUT2D eigenvalue weighted by Gasteiger charge is 2.33. The smallest absolute Gasteiger partial charge is 0.345 e. The summed E-state index contributed by atoms with van der Waals surface area (Å²) < 4.78 is 10.3. The predicted octanol–water partition coefficient (Wildman–Crippen LogP) is 2.40. The Hall–Kier alpha value is -2.62. The Morgan fingerprint density at radius 2 is 2.11 bits per heavy atom. The van der Waals surface area contributed by atoms with Crippen molar-refractivity contribution in [2.45, 2.75) is 6.54 Å². The van der Waals surface area contributed by atoms with Gasteiger partial charge in [-0.25, -0.2) is 4.57 Å². The van der Waals surface area contributed by atoms with Crippen LogP contribution in [0.5, 0.6) is 0 Å². The number of aromatic nitrogens is 3. The van der Waals surface area contributed by atoms with Gasteiger partial charge in [0, 0.05) is 11.8 Å². The Morgan fingerprint density at radius 3 is 3.11 bits per heavy atom. The van der Waals surface area contributed by atoms with E-state index in [0.717, 1.165) is 34.7 Å². The molecular formula is C15H10N3O+. The van der Waals surface area contributed by atoms with Gasteiger partial charge in [-0.05, 0) is 18.2 Å². The van der Waals surface area contributed by atoms with Crippen molar-refractivity contribution in [2.75, 3.05) is 0 Å². The van der Waals surface area contributed by atoms with Crippen LogP contribution in [0.1, 0.15) is 5.56 Å². The van der Waals surface area contributed by atoms with E-state index in [9.17, 15) is 0 Å². The lowest BCUT2D eigenvalue weighted by atomic mass is 10.2. The van der Waals surface area contributed by atoms with E-state index in [1.165, 1.54) is 5.56 Å². The summed E-state index contributed by atoms with van der Waals surface area (Å²) in [6, 6.07) is 12.2. The zero-order chi connectivity index (χ0) is 12.4. The van der Waals surface area contributed by atoms with Crippen LogP contribution in [0.4, 0.5) is 0 Å². The maximum absolute atomic E-state index is 5.99. The van der Waals surface area contributed by atoms with Crippen LogP contribution in [0.25, 0.3) is 28.2 Å². The predicted molar refractivity (Wildman–Crippen MR) is 69.7 cm³/mol. The molecule has 0 bridgehead atoms. The van der Waals surface area contributed by atoms with Gasteiger partial charge in [-0.3, -0.25) is 4.98 Å². The summed E-state index contributed by atoms with van der Waals surface area (Å²) in [6.45, 7) is 0.865. The molecule has 1 aliphatic heterocycles. The first-order chi connectivity index (χ1) is 9.42. The number of nitrogens with zero attached hydrogens (tertiary/aromatic N) is 3. The second kappa shape index (κ2) is 3.03. The van der Waals surface area contributed by atoms with Gasteiger partial charge in [0.15, 0.2) is 11.1 Å². The number of benzene rings is 1. The number of para-hydroxylation sites is 2. The third-order valence-corrected chi connectivity index (χ3v) is 3.75. The van der Waals surface area contributed by atoms with E-state index in [1.54, 1.807) is 0 Å². The Morgan fingerprint density at radius 1 is 1.16 bits per heavy atom. The fraction of sp³-hybridized carbons (Fsp3) is 0.0667. The number of imidazole rings is 1. The Bertz CT molecular complexity index is 949. The first kappa shape index (κ1) is 9.33. The molecule has 1 aliphatic rings. The maximum Gasteiger partial charge on any atom is 0.345 e.